The normalized spacial score (nSPS) is 21.8. The lowest BCUT2D eigenvalue weighted by Crippen LogP contribution is -2.41. The molecule has 0 bridgehead atoms. The minimum atomic E-state index is -1.16. The third-order valence-electron chi connectivity index (χ3n) is 5.63. The Balaban J connectivity index is 2.14. The Morgan fingerprint density at radius 1 is 1.16 bits per heavy atom. The van der Waals surface area contributed by atoms with E-state index in [1.54, 1.807) is 0 Å². The summed E-state index contributed by atoms with van der Waals surface area (Å²) in [5.41, 5.74) is 2.02. The van der Waals surface area contributed by atoms with Crippen LogP contribution in [-0.2, 0) is 27.3 Å². The number of halogens is 1. The molecule has 0 radical (unpaired) electrons. The monoisotopic (exact) mass is 469 g/mol. The molecule has 0 heterocycles. The van der Waals surface area contributed by atoms with Gasteiger partial charge in [0.15, 0.2) is 0 Å². The van der Waals surface area contributed by atoms with Crippen molar-refractivity contribution < 1.29 is 14.1 Å². The highest BCUT2D eigenvalue weighted by Crippen LogP contribution is 2.33. The van der Waals surface area contributed by atoms with Crippen molar-refractivity contribution in [2.45, 2.75) is 109 Å². The number of rotatable bonds is 5. The van der Waals surface area contributed by atoms with Crippen LogP contribution in [0.2, 0.25) is 5.02 Å². The van der Waals surface area contributed by atoms with Gasteiger partial charge in [-0.2, -0.15) is 0 Å². The molecule has 0 amide bonds. The van der Waals surface area contributed by atoms with E-state index in [4.69, 9.17) is 16.3 Å². The number of carbonyl (C=O) groups excluding carboxylic acids is 1. The second kappa shape index (κ2) is 11.4. The first-order chi connectivity index (χ1) is 14.3. The van der Waals surface area contributed by atoms with Crippen molar-refractivity contribution in [3.63, 3.8) is 0 Å². The van der Waals surface area contributed by atoms with E-state index in [2.05, 4.69) is 16.9 Å². The molecule has 0 aliphatic heterocycles. The van der Waals surface area contributed by atoms with Gasteiger partial charge >= 0.3 is 5.97 Å². The molecular weight excluding hydrogens is 430 g/mol. The van der Waals surface area contributed by atoms with Crippen LogP contribution in [0, 0.1) is 5.92 Å². The van der Waals surface area contributed by atoms with Crippen LogP contribution in [0.25, 0.3) is 0 Å². The summed E-state index contributed by atoms with van der Waals surface area (Å²) in [5, 5.41) is 0.752. The Hall–Kier alpha value is -0.750. The molecule has 2 rings (SSSR count). The number of aryl methyl sites for hydroxylation is 1. The molecule has 6 heteroatoms. The van der Waals surface area contributed by atoms with Gasteiger partial charge in [-0.05, 0) is 103 Å². The zero-order valence-electron chi connectivity index (χ0n) is 20.1. The maximum atomic E-state index is 12.9. The molecule has 0 aromatic heterocycles. The van der Waals surface area contributed by atoms with Gasteiger partial charge in [0.05, 0.1) is 6.04 Å². The third-order valence-corrected chi connectivity index (χ3v) is 7.48. The second-order valence-electron chi connectivity index (χ2n) is 10.7. The van der Waals surface area contributed by atoms with E-state index in [0.717, 1.165) is 50.0 Å². The second-order valence-corrected chi connectivity index (χ2v) is 13.1. The van der Waals surface area contributed by atoms with Gasteiger partial charge in [-0.3, -0.25) is 4.79 Å². The number of fused-ring (bicyclic) bond motifs is 1. The summed E-state index contributed by atoms with van der Waals surface area (Å²) in [5.74, 6) is 0.349. The highest BCUT2D eigenvalue weighted by molar-refractivity contribution is 7.90. The molecule has 3 atom stereocenters. The van der Waals surface area contributed by atoms with Gasteiger partial charge in [-0.25, -0.2) is 0 Å². The molecule has 31 heavy (non-hydrogen) atoms. The number of nitrogens with one attached hydrogen (secondary N) is 1. The van der Waals surface area contributed by atoms with E-state index in [9.17, 15) is 9.35 Å². The number of benzene rings is 1. The number of esters is 1. The predicted octanol–water partition coefficient (Wildman–Crippen LogP) is 6.68. The van der Waals surface area contributed by atoms with Crippen molar-refractivity contribution in [1.29, 1.82) is 0 Å². The van der Waals surface area contributed by atoms with Crippen molar-refractivity contribution in [3.8, 4) is 0 Å². The van der Waals surface area contributed by atoms with Crippen LogP contribution in [0.5, 0.6) is 0 Å². The predicted molar refractivity (Wildman–Crippen MR) is 131 cm³/mol. The maximum absolute atomic E-state index is 12.9. The van der Waals surface area contributed by atoms with Crippen molar-refractivity contribution in [3.05, 3.63) is 34.3 Å². The Morgan fingerprint density at radius 2 is 1.87 bits per heavy atom. The number of hydrogen-bond donors (Lipinski definition) is 1. The van der Waals surface area contributed by atoms with Gasteiger partial charge in [-0.1, -0.05) is 30.5 Å². The summed E-state index contributed by atoms with van der Waals surface area (Å²) in [7, 11) is 0. The summed E-state index contributed by atoms with van der Waals surface area (Å²) >= 11 is 5.12. The zero-order chi connectivity index (χ0) is 23.2. The maximum Gasteiger partial charge on any atom is 0.306 e. The first-order valence-corrected chi connectivity index (χ1v) is 13.1. The first kappa shape index (κ1) is 26.5. The van der Waals surface area contributed by atoms with E-state index >= 15 is 0 Å². The van der Waals surface area contributed by atoms with Gasteiger partial charge in [0.1, 0.15) is 10.3 Å². The molecule has 176 valence electrons. The van der Waals surface area contributed by atoms with Crippen LogP contribution >= 0.6 is 11.6 Å². The molecule has 1 unspecified atom stereocenters. The van der Waals surface area contributed by atoms with Gasteiger partial charge < -0.3 is 9.29 Å². The van der Waals surface area contributed by atoms with Crippen LogP contribution in [0.1, 0.15) is 104 Å². The van der Waals surface area contributed by atoms with E-state index in [-0.39, 0.29) is 16.8 Å². The van der Waals surface area contributed by atoms with Crippen LogP contribution in [0.3, 0.4) is 0 Å². The SMILES string of the molecule is CC(C)(C)OC(=O)CCC1CCCCc2cc(Cl)ccc2[C@@H](N[S@+]([O-])C(C)(C)C)CC1. The molecule has 1 aromatic rings. The fraction of sp³-hybridized carbons (Fsp3) is 0.720. The lowest BCUT2D eigenvalue weighted by atomic mass is 9.85. The van der Waals surface area contributed by atoms with E-state index in [1.807, 2.05) is 47.6 Å². The fourth-order valence-corrected chi connectivity index (χ4v) is 5.06. The molecule has 4 nitrogen and oxygen atoms in total. The van der Waals surface area contributed by atoms with E-state index in [1.165, 1.54) is 11.1 Å². The highest BCUT2D eigenvalue weighted by atomic mass is 35.5. The molecule has 0 saturated heterocycles. The van der Waals surface area contributed by atoms with Gasteiger partial charge in [0, 0.05) is 22.8 Å². The van der Waals surface area contributed by atoms with Gasteiger partial charge in [0.2, 0.25) is 0 Å². The Labute approximate surface area is 197 Å². The molecule has 1 aromatic carbocycles. The number of hydrogen-bond acceptors (Lipinski definition) is 4. The molecule has 0 fully saturated rings. The van der Waals surface area contributed by atoms with Crippen LogP contribution in [0.4, 0.5) is 0 Å². The summed E-state index contributed by atoms with van der Waals surface area (Å²) in [6.07, 6.45) is 7.47. The van der Waals surface area contributed by atoms with Crippen LogP contribution in [-0.4, -0.2) is 20.9 Å². The van der Waals surface area contributed by atoms with Crippen LogP contribution in [0.15, 0.2) is 18.2 Å². The first-order valence-electron chi connectivity index (χ1n) is 11.5. The van der Waals surface area contributed by atoms with Gasteiger partial charge in [-0.15, -0.1) is 4.72 Å². The largest absolute Gasteiger partial charge is 0.598 e. The molecule has 1 N–H and O–H groups in total. The fourth-order valence-electron chi connectivity index (χ4n) is 4.01. The molecular formula is C25H40ClNO3S. The van der Waals surface area contributed by atoms with E-state index in [0.29, 0.717) is 12.3 Å². The summed E-state index contributed by atoms with van der Waals surface area (Å²) in [4.78, 5) is 12.2. The number of carbonyl (C=O) groups is 1. The minimum Gasteiger partial charge on any atom is -0.598 e. The summed E-state index contributed by atoms with van der Waals surface area (Å²) < 4.78 is 21.5. The lowest BCUT2D eigenvalue weighted by molar-refractivity contribution is -0.155. The van der Waals surface area contributed by atoms with Gasteiger partial charge in [0.25, 0.3) is 0 Å². The highest BCUT2D eigenvalue weighted by Gasteiger charge is 2.31. The smallest absolute Gasteiger partial charge is 0.306 e. The van der Waals surface area contributed by atoms with E-state index < -0.39 is 17.0 Å². The zero-order valence-corrected chi connectivity index (χ0v) is 21.6. The number of ether oxygens (including phenoxy) is 1. The Morgan fingerprint density at radius 3 is 2.52 bits per heavy atom. The minimum absolute atomic E-state index is 0.00875. The molecule has 0 saturated carbocycles. The Bertz CT molecular complexity index is 726. The quantitative estimate of drug-likeness (QED) is 0.386. The lowest BCUT2D eigenvalue weighted by Gasteiger charge is -2.31. The van der Waals surface area contributed by atoms with Crippen molar-refractivity contribution in [2.75, 3.05) is 0 Å². The summed E-state index contributed by atoms with van der Waals surface area (Å²) in [6.45, 7) is 11.7. The van der Waals surface area contributed by atoms with Crippen molar-refractivity contribution in [2.24, 2.45) is 5.92 Å². The average Bonchev–Trinajstić information content (AvgIpc) is 2.63. The molecule has 1 aliphatic rings. The topological polar surface area (TPSA) is 61.4 Å². The summed E-state index contributed by atoms with van der Waals surface area (Å²) in [6, 6.07) is 6.09. The molecule has 0 spiro atoms. The molecule has 1 aliphatic carbocycles. The third kappa shape index (κ3) is 9.33. The Kier molecular flexibility index (Phi) is 9.75. The standard InChI is InChI=1S/C25H40ClNO3S/c1-24(2,3)30-23(28)16-12-18-9-7-8-10-19-17-20(26)13-14-21(19)22(15-11-18)27-31(29)25(4,5)6/h13-14,17-18,22,27H,7-12,15-16H2,1-6H3/t18?,22-,31+/m0/s1. The van der Waals surface area contributed by atoms with Crippen LogP contribution < -0.4 is 4.72 Å². The average molecular weight is 470 g/mol. The van der Waals surface area contributed by atoms with Crippen molar-refractivity contribution >= 4 is 28.9 Å². The van der Waals surface area contributed by atoms with Crippen molar-refractivity contribution in [1.82, 2.24) is 4.72 Å².